The molecule has 0 radical (unpaired) electrons. The average molecular weight is 370 g/mol. The van der Waals surface area contributed by atoms with Gasteiger partial charge in [0.05, 0.1) is 12.7 Å². The van der Waals surface area contributed by atoms with Crippen molar-refractivity contribution < 1.29 is 9.13 Å². The minimum Gasteiger partial charge on any atom is -0.374 e. The summed E-state index contributed by atoms with van der Waals surface area (Å²) in [6, 6.07) is 10.3. The number of rotatable bonds is 10. The molecule has 0 heterocycles. The van der Waals surface area contributed by atoms with Crippen molar-refractivity contribution in [1.29, 1.82) is 5.26 Å². The van der Waals surface area contributed by atoms with Crippen molar-refractivity contribution in [2.24, 2.45) is 5.92 Å². The Kier molecular flexibility index (Phi) is 9.87. The van der Waals surface area contributed by atoms with Gasteiger partial charge in [-0.25, -0.2) is 0 Å². The maximum absolute atomic E-state index is 12.7. The van der Waals surface area contributed by atoms with Crippen molar-refractivity contribution in [2.75, 3.05) is 0 Å². The van der Waals surface area contributed by atoms with E-state index in [4.69, 9.17) is 10.00 Å². The molecule has 0 unspecified atom stereocenters. The van der Waals surface area contributed by atoms with Crippen LogP contribution in [-0.4, -0.2) is 6.10 Å². The normalized spacial score (nSPS) is 20.7. The van der Waals surface area contributed by atoms with Crippen molar-refractivity contribution in [3.05, 3.63) is 59.4 Å². The molecule has 1 aliphatic rings. The van der Waals surface area contributed by atoms with Gasteiger partial charge in [0.15, 0.2) is 5.83 Å². The fourth-order valence-electron chi connectivity index (χ4n) is 3.60. The molecule has 27 heavy (non-hydrogen) atoms. The first kappa shape index (κ1) is 21.4. The van der Waals surface area contributed by atoms with Crippen LogP contribution in [0.5, 0.6) is 0 Å². The van der Waals surface area contributed by atoms with E-state index in [0.29, 0.717) is 12.7 Å². The third kappa shape index (κ3) is 8.54. The van der Waals surface area contributed by atoms with Gasteiger partial charge in [-0.05, 0) is 74.5 Å². The summed E-state index contributed by atoms with van der Waals surface area (Å²) in [5.41, 5.74) is 2.68. The lowest BCUT2D eigenvalue weighted by atomic mass is 9.84. The van der Waals surface area contributed by atoms with E-state index in [1.807, 2.05) is 6.08 Å². The van der Waals surface area contributed by atoms with E-state index >= 15 is 0 Å². The number of aryl methyl sites for hydroxylation is 1. The third-order valence-corrected chi connectivity index (χ3v) is 5.35. The number of hydrogen-bond acceptors (Lipinski definition) is 2. The highest BCUT2D eigenvalue weighted by Crippen LogP contribution is 2.30. The van der Waals surface area contributed by atoms with Gasteiger partial charge in [-0.15, -0.1) is 0 Å². The number of ether oxygens (including phenoxy) is 1. The van der Waals surface area contributed by atoms with Crippen molar-refractivity contribution in [2.45, 2.75) is 77.4 Å². The highest BCUT2D eigenvalue weighted by atomic mass is 19.1. The van der Waals surface area contributed by atoms with Gasteiger partial charge < -0.3 is 4.74 Å². The zero-order valence-corrected chi connectivity index (χ0v) is 16.5. The Bertz CT molecular complexity index is 633. The van der Waals surface area contributed by atoms with Crippen molar-refractivity contribution in [1.82, 2.24) is 0 Å². The first-order chi connectivity index (χ1) is 13.2. The summed E-state index contributed by atoms with van der Waals surface area (Å²) >= 11 is 0. The average Bonchev–Trinajstić information content (AvgIpc) is 2.72. The summed E-state index contributed by atoms with van der Waals surface area (Å²) in [7, 11) is 0. The fourth-order valence-corrected chi connectivity index (χ4v) is 3.60. The zero-order valence-electron chi connectivity index (χ0n) is 16.5. The molecule has 146 valence electrons. The predicted molar refractivity (Wildman–Crippen MR) is 109 cm³/mol. The maximum atomic E-state index is 12.7. The molecular formula is C24H32FNO. The minimum atomic E-state index is -0.737. The number of unbranched alkanes of at least 4 members (excludes halogenated alkanes) is 1. The second-order valence-corrected chi connectivity index (χ2v) is 7.51. The molecule has 0 saturated heterocycles. The highest BCUT2D eigenvalue weighted by Gasteiger charge is 2.21. The standard InChI is InChI=1S/C24H32FNO/c1-2-3-7-20-10-12-22(13-11-20)19-27-24-16-14-21(15-17-24)8-5-4-6-9-23(25)18-26/h4,6,9-13,21,24H,2-3,5,7-8,14-17,19H2,1H3. The van der Waals surface area contributed by atoms with Crippen LogP contribution in [0.15, 0.2) is 48.3 Å². The van der Waals surface area contributed by atoms with Crippen LogP contribution < -0.4 is 0 Å². The molecule has 0 N–H and O–H groups in total. The summed E-state index contributed by atoms with van der Waals surface area (Å²) in [6.07, 6.45) is 15.6. The third-order valence-electron chi connectivity index (χ3n) is 5.35. The summed E-state index contributed by atoms with van der Waals surface area (Å²) in [5, 5.41) is 8.34. The summed E-state index contributed by atoms with van der Waals surface area (Å²) in [5.74, 6) is -0.00310. The molecule has 1 aromatic carbocycles. The van der Waals surface area contributed by atoms with E-state index < -0.39 is 5.83 Å². The lowest BCUT2D eigenvalue weighted by Gasteiger charge is -2.28. The zero-order chi connectivity index (χ0) is 19.3. The van der Waals surface area contributed by atoms with Gasteiger partial charge in [0, 0.05) is 0 Å². The quantitative estimate of drug-likeness (QED) is 0.335. The summed E-state index contributed by atoms with van der Waals surface area (Å²) in [6.45, 7) is 2.94. The second kappa shape index (κ2) is 12.5. The Balaban J connectivity index is 1.61. The Hall–Kier alpha value is -1.92. The molecule has 0 amide bonds. The molecule has 0 aliphatic heterocycles. The largest absolute Gasteiger partial charge is 0.374 e. The van der Waals surface area contributed by atoms with Gasteiger partial charge in [0.25, 0.3) is 0 Å². The SMILES string of the molecule is CCCCc1ccc(COC2CCC(CCC=CC=C(F)C#N)CC2)cc1. The van der Waals surface area contributed by atoms with Crippen LogP contribution in [-0.2, 0) is 17.8 Å². The van der Waals surface area contributed by atoms with E-state index in [-0.39, 0.29) is 0 Å². The number of nitriles is 1. The molecule has 1 aromatic rings. The van der Waals surface area contributed by atoms with Gasteiger partial charge >= 0.3 is 0 Å². The van der Waals surface area contributed by atoms with Crippen LogP contribution in [0.3, 0.4) is 0 Å². The smallest absolute Gasteiger partial charge is 0.199 e. The van der Waals surface area contributed by atoms with Crippen molar-refractivity contribution in [3.8, 4) is 6.07 Å². The molecule has 2 nitrogen and oxygen atoms in total. The number of allylic oxidation sites excluding steroid dienone is 4. The second-order valence-electron chi connectivity index (χ2n) is 7.51. The van der Waals surface area contributed by atoms with Gasteiger partial charge in [0.1, 0.15) is 6.07 Å². The number of halogens is 1. The molecule has 1 aliphatic carbocycles. The predicted octanol–water partition coefficient (Wildman–Crippen LogP) is 6.82. The van der Waals surface area contributed by atoms with Crippen LogP contribution in [0.1, 0.15) is 69.4 Å². The monoisotopic (exact) mass is 369 g/mol. The molecule has 1 saturated carbocycles. The van der Waals surface area contributed by atoms with Gasteiger partial charge in [-0.3, -0.25) is 0 Å². The van der Waals surface area contributed by atoms with E-state index in [0.717, 1.165) is 31.6 Å². The molecule has 1 fully saturated rings. The fraction of sp³-hybridized carbons (Fsp3) is 0.542. The van der Waals surface area contributed by atoms with E-state index in [2.05, 4.69) is 31.2 Å². The maximum Gasteiger partial charge on any atom is 0.199 e. The van der Waals surface area contributed by atoms with Crippen molar-refractivity contribution >= 4 is 0 Å². The Morgan fingerprint density at radius 3 is 2.56 bits per heavy atom. The number of benzene rings is 1. The van der Waals surface area contributed by atoms with Gasteiger partial charge in [-0.1, -0.05) is 49.8 Å². The van der Waals surface area contributed by atoms with Crippen LogP contribution in [0, 0.1) is 17.2 Å². The lowest BCUT2D eigenvalue weighted by molar-refractivity contribution is 0.00646. The van der Waals surface area contributed by atoms with Gasteiger partial charge in [-0.2, -0.15) is 9.65 Å². The number of nitrogens with zero attached hydrogens (tertiary/aromatic N) is 1. The first-order valence-corrected chi connectivity index (χ1v) is 10.3. The summed E-state index contributed by atoms with van der Waals surface area (Å²) < 4.78 is 18.8. The molecule has 0 atom stereocenters. The Labute approximate surface area is 163 Å². The van der Waals surface area contributed by atoms with E-state index in [1.165, 1.54) is 55.4 Å². The van der Waals surface area contributed by atoms with Crippen LogP contribution in [0.2, 0.25) is 0 Å². The molecule has 0 bridgehead atoms. The van der Waals surface area contributed by atoms with Crippen LogP contribution >= 0.6 is 0 Å². The topological polar surface area (TPSA) is 33.0 Å². The van der Waals surface area contributed by atoms with Crippen molar-refractivity contribution in [3.63, 3.8) is 0 Å². The molecule has 0 spiro atoms. The molecule has 2 rings (SSSR count). The van der Waals surface area contributed by atoms with Crippen LogP contribution in [0.25, 0.3) is 0 Å². The Morgan fingerprint density at radius 2 is 1.89 bits per heavy atom. The first-order valence-electron chi connectivity index (χ1n) is 10.3. The van der Waals surface area contributed by atoms with Gasteiger partial charge in [0.2, 0.25) is 0 Å². The number of hydrogen-bond donors (Lipinski definition) is 0. The summed E-state index contributed by atoms with van der Waals surface area (Å²) in [4.78, 5) is 0. The lowest BCUT2D eigenvalue weighted by Crippen LogP contribution is -2.21. The molecule has 3 heteroatoms. The molecular weight excluding hydrogens is 337 g/mol. The van der Waals surface area contributed by atoms with Crippen LogP contribution in [0.4, 0.5) is 4.39 Å². The Morgan fingerprint density at radius 1 is 1.19 bits per heavy atom. The highest BCUT2D eigenvalue weighted by molar-refractivity contribution is 5.22. The minimum absolute atomic E-state index is 0.379. The molecule has 0 aromatic heterocycles. The van der Waals surface area contributed by atoms with E-state index in [9.17, 15) is 4.39 Å². The van der Waals surface area contributed by atoms with E-state index in [1.54, 1.807) is 6.08 Å².